The van der Waals surface area contributed by atoms with Gasteiger partial charge in [0.2, 0.25) is 0 Å². The standard InChI is InChI=1S/C25H32F3N3OS.C2H6.CH2O2/c1-7-16-31(18-20(8-2)10-9-19(3)32-24(4,5)6)17-15-29-30-23(33)21-11-13-22(14-12-21)25(26,27)28;1-2;2-1-3/h7-15H,1,3,16-18H2,2,4-6H3,(H,30,33);1-2H3;1H,(H,2,3)/b10-9-,20-8+,29-15+;;. The van der Waals surface area contributed by atoms with Crippen molar-refractivity contribution in [3.63, 3.8) is 0 Å². The molecule has 0 saturated carbocycles. The van der Waals surface area contributed by atoms with Crippen molar-refractivity contribution in [3.8, 4) is 0 Å². The maximum Gasteiger partial charge on any atom is 0.416 e. The molecule has 2 N–H and O–H groups in total. The van der Waals surface area contributed by atoms with Crippen LogP contribution in [0.4, 0.5) is 13.2 Å². The van der Waals surface area contributed by atoms with Gasteiger partial charge < -0.3 is 9.84 Å². The van der Waals surface area contributed by atoms with Crippen LogP contribution in [0.25, 0.3) is 0 Å². The van der Waals surface area contributed by atoms with Crippen LogP contribution < -0.4 is 5.43 Å². The van der Waals surface area contributed by atoms with Gasteiger partial charge in [-0.25, -0.2) is 0 Å². The number of carbonyl (C=O) groups is 1. The lowest BCUT2D eigenvalue weighted by Crippen LogP contribution is -2.28. The summed E-state index contributed by atoms with van der Waals surface area (Å²) in [6.45, 7) is 21.1. The van der Waals surface area contributed by atoms with Crippen LogP contribution in [0.2, 0.25) is 0 Å². The molecule has 0 aliphatic carbocycles. The van der Waals surface area contributed by atoms with E-state index < -0.39 is 11.7 Å². The third-order valence-corrected chi connectivity index (χ3v) is 4.48. The molecule has 0 spiro atoms. The number of rotatable bonds is 11. The first-order chi connectivity index (χ1) is 17.8. The second-order valence-corrected chi connectivity index (χ2v) is 8.70. The van der Waals surface area contributed by atoms with Crippen LogP contribution in [0.3, 0.4) is 0 Å². The molecule has 1 aromatic rings. The fraction of sp³-hybridized carbons (Fsp3) is 0.393. The molecule has 212 valence electrons. The summed E-state index contributed by atoms with van der Waals surface area (Å²) in [5.41, 5.74) is 3.19. The molecule has 0 fully saturated rings. The van der Waals surface area contributed by atoms with Gasteiger partial charge >= 0.3 is 6.18 Å². The van der Waals surface area contributed by atoms with Crippen molar-refractivity contribution in [1.82, 2.24) is 10.3 Å². The molecule has 0 aliphatic heterocycles. The molecule has 0 aliphatic rings. The van der Waals surface area contributed by atoms with Crippen LogP contribution >= 0.6 is 12.2 Å². The first-order valence-electron chi connectivity index (χ1n) is 11.9. The van der Waals surface area contributed by atoms with Gasteiger partial charge in [0, 0.05) is 31.4 Å². The largest absolute Gasteiger partial charge is 0.489 e. The minimum Gasteiger partial charge on any atom is -0.489 e. The second kappa shape index (κ2) is 19.8. The first kappa shape index (κ1) is 36.9. The third kappa shape index (κ3) is 18.1. The highest BCUT2D eigenvalue weighted by molar-refractivity contribution is 7.80. The zero-order chi connectivity index (χ0) is 29.8. The highest BCUT2D eigenvalue weighted by Crippen LogP contribution is 2.29. The molecule has 1 aromatic carbocycles. The predicted molar refractivity (Wildman–Crippen MR) is 154 cm³/mol. The number of halogens is 3. The van der Waals surface area contributed by atoms with E-state index in [-0.39, 0.29) is 17.1 Å². The molecule has 0 unspecified atom stereocenters. The fourth-order valence-corrected chi connectivity index (χ4v) is 2.84. The summed E-state index contributed by atoms with van der Waals surface area (Å²) in [5, 5.41) is 11.0. The highest BCUT2D eigenvalue weighted by atomic mass is 32.1. The highest BCUT2D eigenvalue weighted by Gasteiger charge is 2.30. The van der Waals surface area contributed by atoms with Crippen LogP contribution in [-0.2, 0) is 15.7 Å². The second-order valence-electron chi connectivity index (χ2n) is 8.29. The topological polar surface area (TPSA) is 74.2 Å². The number of benzene rings is 1. The van der Waals surface area contributed by atoms with Crippen LogP contribution in [0.5, 0.6) is 0 Å². The van der Waals surface area contributed by atoms with E-state index in [2.05, 4.69) is 28.6 Å². The van der Waals surface area contributed by atoms with Crippen molar-refractivity contribution in [2.75, 3.05) is 19.6 Å². The van der Waals surface area contributed by atoms with Crippen LogP contribution in [-0.4, -0.2) is 52.9 Å². The Balaban J connectivity index is 0. The van der Waals surface area contributed by atoms with Gasteiger partial charge in [-0.15, -0.1) is 6.58 Å². The van der Waals surface area contributed by atoms with E-state index in [1.165, 1.54) is 12.1 Å². The quantitative estimate of drug-likeness (QED) is 0.0582. The maximum absolute atomic E-state index is 12.7. The van der Waals surface area contributed by atoms with Crippen molar-refractivity contribution in [2.45, 2.75) is 53.3 Å². The summed E-state index contributed by atoms with van der Waals surface area (Å²) in [4.78, 5) is 10.7. The van der Waals surface area contributed by atoms with Crippen LogP contribution in [0.15, 0.2) is 78.2 Å². The van der Waals surface area contributed by atoms with Gasteiger partial charge in [-0.05, 0) is 51.5 Å². The molecule has 0 aromatic heterocycles. The molecule has 6 nitrogen and oxygen atoms in total. The van der Waals surface area contributed by atoms with Gasteiger partial charge in [0.1, 0.15) is 16.3 Å². The average Bonchev–Trinajstić information content (AvgIpc) is 2.84. The Bertz CT molecular complexity index is 949. The fourth-order valence-electron chi connectivity index (χ4n) is 2.65. The van der Waals surface area contributed by atoms with Gasteiger partial charge in [0.05, 0.1) is 5.56 Å². The maximum atomic E-state index is 12.7. The van der Waals surface area contributed by atoms with Crippen molar-refractivity contribution in [1.29, 1.82) is 0 Å². The first-order valence-corrected chi connectivity index (χ1v) is 12.3. The molecule has 0 amide bonds. The molecule has 0 atom stereocenters. The molecule has 0 bridgehead atoms. The Hall–Kier alpha value is -3.24. The van der Waals surface area contributed by atoms with Gasteiger partial charge in [-0.1, -0.05) is 63.0 Å². The number of nitrogens with one attached hydrogen (secondary N) is 1. The third-order valence-electron chi connectivity index (χ3n) is 4.16. The smallest absolute Gasteiger partial charge is 0.416 e. The number of allylic oxidation sites excluding steroid dienone is 2. The van der Waals surface area contributed by atoms with Crippen molar-refractivity contribution in [3.05, 3.63) is 84.2 Å². The Labute approximate surface area is 230 Å². The lowest BCUT2D eigenvalue weighted by molar-refractivity contribution is -0.137. The molecule has 1 rings (SSSR count). The normalized spacial score (nSPS) is 11.8. The molecule has 38 heavy (non-hydrogen) atoms. The van der Waals surface area contributed by atoms with E-state index in [0.717, 1.165) is 17.7 Å². The Morgan fingerprint density at radius 1 is 1.16 bits per heavy atom. The summed E-state index contributed by atoms with van der Waals surface area (Å²) in [5.74, 6) is 0.583. The van der Waals surface area contributed by atoms with E-state index in [1.807, 2.05) is 59.8 Å². The number of hydrogen-bond acceptors (Lipinski definition) is 5. The lowest BCUT2D eigenvalue weighted by atomic mass is 10.1. The summed E-state index contributed by atoms with van der Waals surface area (Å²) in [7, 11) is 0. The Morgan fingerprint density at radius 3 is 2.16 bits per heavy atom. The van der Waals surface area contributed by atoms with E-state index in [0.29, 0.717) is 31.0 Å². The van der Waals surface area contributed by atoms with Crippen molar-refractivity contribution >= 4 is 29.9 Å². The van der Waals surface area contributed by atoms with Gasteiger partial charge in [0.25, 0.3) is 6.47 Å². The van der Waals surface area contributed by atoms with Crippen molar-refractivity contribution < 1.29 is 27.8 Å². The predicted octanol–water partition coefficient (Wildman–Crippen LogP) is 7.00. The summed E-state index contributed by atoms with van der Waals surface area (Å²) in [6, 6.07) is 4.62. The number of nitrogens with zero attached hydrogens (tertiary/aromatic N) is 2. The summed E-state index contributed by atoms with van der Waals surface area (Å²) < 4.78 is 43.7. The van der Waals surface area contributed by atoms with E-state index in [9.17, 15) is 13.2 Å². The Morgan fingerprint density at radius 2 is 1.71 bits per heavy atom. The summed E-state index contributed by atoms with van der Waals surface area (Å²) in [6.07, 6.45) is 4.87. The monoisotopic (exact) mass is 555 g/mol. The number of hydrogen-bond donors (Lipinski definition) is 2. The minimum absolute atomic E-state index is 0.240. The zero-order valence-electron chi connectivity index (χ0n) is 23.0. The lowest BCUT2D eigenvalue weighted by Gasteiger charge is -2.22. The van der Waals surface area contributed by atoms with Crippen LogP contribution in [0.1, 0.15) is 52.7 Å². The van der Waals surface area contributed by atoms with E-state index in [1.54, 1.807) is 12.3 Å². The van der Waals surface area contributed by atoms with E-state index in [4.69, 9.17) is 26.9 Å². The number of alkyl halides is 3. The van der Waals surface area contributed by atoms with Gasteiger partial charge in [-0.2, -0.15) is 18.3 Å². The van der Waals surface area contributed by atoms with Gasteiger partial charge in [-0.3, -0.25) is 15.1 Å². The average molecular weight is 556 g/mol. The number of hydrazone groups is 1. The molecule has 0 heterocycles. The minimum atomic E-state index is -4.38. The number of thiocarbonyl (C=S) groups is 1. The molecular weight excluding hydrogens is 515 g/mol. The molecule has 0 saturated heterocycles. The summed E-state index contributed by atoms with van der Waals surface area (Å²) >= 11 is 5.20. The number of carboxylic acid groups (broad SMARTS) is 1. The van der Waals surface area contributed by atoms with Gasteiger partial charge in [0.15, 0.2) is 0 Å². The van der Waals surface area contributed by atoms with E-state index >= 15 is 0 Å². The Kier molecular flexibility index (Phi) is 19.2. The molecule has 10 heteroatoms. The molecule has 0 radical (unpaired) electrons. The zero-order valence-corrected chi connectivity index (χ0v) is 23.8. The SMILES string of the molecule is C=CCN(C/C=N/NC(=S)c1ccc(C(F)(F)F)cc1)CC(/C=C\C(=C)OC(C)(C)C)=C/C.CC.O=CO. The number of ether oxygens (including phenoxy) is 1. The van der Waals surface area contributed by atoms with Crippen LogP contribution in [0, 0.1) is 0 Å². The molecular formula is C28H40F3N3O3S. The van der Waals surface area contributed by atoms with Crippen molar-refractivity contribution in [2.24, 2.45) is 5.10 Å².